The van der Waals surface area contributed by atoms with E-state index in [1.165, 1.54) is 4.90 Å². The molecule has 1 amide bonds. The number of rotatable bonds is 4. The van der Waals surface area contributed by atoms with Gasteiger partial charge in [-0.1, -0.05) is 0 Å². The van der Waals surface area contributed by atoms with Gasteiger partial charge in [-0.2, -0.15) is 0 Å². The highest BCUT2D eigenvalue weighted by molar-refractivity contribution is 5.68. The van der Waals surface area contributed by atoms with Crippen LogP contribution < -0.4 is 0 Å². The predicted molar refractivity (Wildman–Crippen MR) is 61.2 cm³/mol. The van der Waals surface area contributed by atoms with Crippen molar-refractivity contribution in [2.45, 2.75) is 52.4 Å². The zero-order valence-electron chi connectivity index (χ0n) is 10.7. The van der Waals surface area contributed by atoms with Crippen molar-refractivity contribution in [3.63, 3.8) is 0 Å². The van der Waals surface area contributed by atoms with Crippen molar-refractivity contribution in [3.05, 3.63) is 0 Å². The van der Waals surface area contributed by atoms with Crippen LogP contribution in [0.25, 0.3) is 0 Å². The van der Waals surface area contributed by atoms with Crippen molar-refractivity contribution in [1.82, 2.24) is 4.90 Å². The van der Waals surface area contributed by atoms with Gasteiger partial charge in [-0.15, -0.1) is 0 Å². The van der Waals surface area contributed by atoms with Gasteiger partial charge in [0.05, 0.1) is 19.3 Å². The molecule has 0 bridgehead atoms. The number of amides is 1. The highest BCUT2D eigenvalue weighted by atomic mass is 16.6. The molecule has 5 heteroatoms. The summed E-state index contributed by atoms with van der Waals surface area (Å²) in [7, 11) is 0. The second kappa shape index (κ2) is 6.06. The molecule has 16 heavy (non-hydrogen) atoms. The lowest BCUT2D eigenvalue weighted by molar-refractivity contribution is 0.000139. The molecule has 0 fully saturated rings. The van der Waals surface area contributed by atoms with E-state index in [1.807, 2.05) is 13.8 Å². The van der Waals surface area contributed by atoms with Gasteiger partial charge in [-0.05, 0) is 34.6 Å². The first kappa shape index (κ1) is 15.2. The summed E-state index contributed by atoms with van der Waals surface area (Å²) >= 11 is 0. The van der Waals surface area contributed by atoms with E-state index in [0.717, 1.165) is 0 Å². The molecule has 0 spiro atoms. The summed E-state index contributed by atoms with van der Waals surface area (Å²) in [5.41, 5.74) is -0.561. The van der Waals surface area contributed by atoms with Crippen molar-refractivity contribution in [1.29, 1.82) is 0 Å². The highest BCUT2D eigenvalue weighted by Crippen LogP contribution is 2.12. The maximum Gasteiger partial charge on any atom is 0.410 e. The molecule has 96 valence electrons. The summed E-state index contributed by atoms with van der Waals surface area (Å²) in [6.45, 7) is 8.71. The maximum atomic E-state index is 11.8. The van der Waals surface area contributed by atoms with E-state index in [2.05, 4.69) is 0 Å². The van der Waals surface area contributed by atoms with Crippen molar-refractivity contribution in [2.24, 2.45) is 0 Å². The van der Waals surface area contributed by atoms with Gasteiger partial charge in [-0.25, -0.2) is 4.79 Å². The minimum absolute atomic E-state index is 0.0725. The van der Waals surface area contributed by atoms with Gasteiger partial charge in [0.2, 0.25) is 0 Å². The number of carbonyl (C=O) groups excluding carboxylic acids is 1. The fourth-order valence-electron chi connectivity index (χ4n) is 1.10. The van der Waals surface area contributed by atoms with Gasteiger partial charge in [0, 0.05) is 6.04 Å². The van der Waals surface area contributed by atoms with Crippen molar-refractivity contribution in [2.75, 3.05) is 13.2 Å². The molecule has 0 aliphatic heterocycles. The number of hydrogen-bond donors (Lipinski definition) is 2. The molecule has 0 saturated heterocycles. The minimum Gasteiger partial charge on any atom is -0.444 e. The Hall–Kier alpha value is -0.810. The van der Waals surface area contributed by atoms with Gasteiger partial charge in [0.1, 0.15) is 5.60 Å². The second-order valence-electron chi connectivity index (χ2n) is 5.06. The molecule has 0 heterocycles. The lowest BCUT2D eigenvalue weighted by Crippen LogP contribution is -2.45. The lowest BCUT2D eigenvalue weighted by atomic mass is 10.2. The molecule has 0 aromatic heterocycles. The summed E-state index contributed by atoms with van der Waals surface area (Å²) < 4.78 is 5.20. The third kappa shape index (κ3) is 5.92. The fraction of sp³-hybridized carbons (Fsp3) is 0.909. The van der Waals surface area contributed by atoms with Crippen molar-refractivity contribution in [3.8, 4) is 0 Å². The Morgan fingerprint density at radius 3 is 2.19 bits per heavy atom. The van der Waals surface area contributed by atoms with E-state index in [-0.39, 0.29) is 19.2 Å². The van der Waals surface area contributed by atoms with Gasteiger partial charge < -0.3 is 19.8 Å². The lowest BCUT2D eigenvalue weighted by Gasteiger charge is -2.31. The van der Waals surface area contributed by atoms with Crippen LogP contribution in [0.1, 0.15) is 34.6 Å². The molecule has 0 radical (unpaired) electrons. The van der Waals surface area contributed by atoms with Crippen LogP contribution in [-0.4, -0.2) is 52.1 Å². The van der Waals surface area contributed by atoms with Crippen LogP contribution in [0, 0.1) is 0 Å². The molecular weight excluding hydrogens is 210 g/mol. The smallest absolute Gasteiger partial charge is 0.410 e. The van der Waals surface area contributed by atoms with Crippen LogP contribution in [-0.2, 0) is 4.74 Å². The molecule has 0 aliphatic carbocycles. The molecule has 2 N–H and O–H groups in total. The van der Waals surface area contributed by atoms with E-state index in [1.54, 1.807) is 20.8 Å². The topological polar surface area (TPSA) is 70.0 Å². The third-order valence-corrected chi connectivity index (χ3v) is 1.87. The number of nitrogens with zero attached hydrogens (tertiary/aromatic N) is 1. The molecule has 0 aromatic rings. The normalized spacial score (nSPS) is 13.8. The largest absolute Gasteiger partial charge is 0.444 e. The van der Waals surface area contributed by atoms with Crippen LogP contribution in [0.5, 0.6) is 0 Å². The van der Waals surface area contributed by atoms with Crippen LogP contribution in [0.15, 0.2) is 0 Å². The van der Waals surface area contributed by atoms with Crippen molar-refractivity contribution < 1.29 is 19.7 Å². The first-order valence-corrected chi connectivity index (χ1v) is 5.46. The third-order valence-electron chi connectivity index (χ3n) is 1.87. The first-order chi connectivity index (χ1) is 7.17. The molecule has 0 rings (SSSR count). The Morgan fingerprint density at radius 2 is 1.88 bits per heavy atom. The number of ether oxygens (including phenoxy) is 1. The Kier molecular flexibility index (Phi) is 5.75. The van der Waals surface area contributed by atoms with Crippen LogP contribution in [0.4, 0.5) is 4.79 Å². The van der Waals surface area contributed by atoms with E-state index in [0.29, 0.717) is 0 Å². The standard InChI is InChI=1S/C11H23NO4/c1-8(2)12(6-9(14)7-13)10(15)16-11(3,4)5/h8-9,13-14H,6-7H2,1-5H3. The van der Waals surface area contributed by atoms with Gasteiger partial charge in [0.15, 0.2) is 0 Å². The summed E-state index contributed by atoms with van der Waals surface area (Å²) in [5, 5.41) is 18.1. The Morgan fingerprint density at radius 1 is 1.38 bits per heavy atom. The van der Waals surface area contributed by atoms with Crippen LogP contribution in [0.2, 0.25) is 0 Å². The summed E-state index contributed by atoms with van der Waals surface area (Å²) in [6.07, 6.45) is -1.41. The number of carbonyl (C=O) groups is 1. The van der Waals surface area contributed by atoms with E-state index >= 15 is 0 Å². The zero-order valence-corrected chi connectivity index (χ0v) is 10.7. The molecule has 5 nitrogen and oxygen atoms in total. The Bertz CT molecular complexity index is 223. The average molecular weight is 233 g/mol. The molecular formula is C11H23NO4. The van der Waals surface area contributed by atoms with Gasteiger partial charge >= 0.3 is 6.09 Å². The van der Waals surface area contributed by atoms with Gasteiger partial charge in [-0.3, -0.25) is 0 Å². The minimum atomic E-state index is -0.935. The average Bonchev–Trinajstić information content (AvgIpc) is 2.09. The highest BCUT2D eigenvalue weighted by Gasteiger charge is 2.25. The first-order valence-electron chi connectivity index (χ1n) is 5.46. The van der Waals surface area contributed by atoms with Crippen LogP contribution >= 0.6 is 0 Å². The number of aliphatic hydroxyl groups is 2. The SMILES string of the molecule is CC(C)N(CC(O)CO)C(=O)OC(C)(C)C. The Labute approximate surface area is 97.0 Å². The second-order valence-corrected chi connectivity index (χ2v) is 5.06. The fourth-order valence-corrected chi connectivity index (χ4v) is 1.10. The molecule has 0 aromatic carbocycles. The molecule has 0 aliphatic rings. The summed E-state index contributed by atoms with van der Waals surface area (Å²) in [5.74, 6) is 0. The Balaban J connectivity index is 4.48. The zero-order chi connectivity index (χ0) is 12.9. The number of hydrogen-bond acceptors (Lipinski definition) is 4. The predicted octanol–water partition coefficient (Wildman–Crippen LogP) is 0.985. The van der Waals surface area contributed by atoms with E-state index < -0.39 is 17.8 Å². The molecule has 0 saturated carbocycles. The molecule has 1 atom stereocenters. The summed E-state index contributed by atoms with van der Waals surface area (Å²) in [6, 6.07) is -0.0870. The van der Waals surface area contributed by atoms with Crippen molar-refractivity contribution >= 4 is 6.09 Å². The monoisotopic (exact) mass is 233 g/mol. The maximum absolute atomic E-state index is 11.8. The van der Waals surface area contributed by atoms with Crippen LogP contribution in [0.3, 0.4) is 0 Å². The summed E-state index contributed by atoms with van der Waals surface area (Å²) in [4.78, 5) is 13.2. The van der Waals surface area contributed by atoms with E-state index in [9.17, 15) is 9.90 Å². The van der Waals surface area contributed by atoms with Gasteiger partial charge in [0.25, 0.3) is 0 Å². The van der Waals surface area contributed by atoms with E-state index in [4.69, 9.17) is 9.84 Å². The molecule has 1 unspecified atom stereocenters. The quantitative estimate of drug-likeness (QED) is 0.759. The number of aliphatic hydroxyl groups excluding tert-OH is 2.